The van der Waals surface area contributed by atoms with Crippen molar-refractivity contribution in [2.75, 3.05) is 24.7 Å². The minimum atomic E-state index is -1.05. The van der Waals surface area contributed by atoms with Gasteiger partial charge in [-0.15, -0.1) is 11.3 Å². The number of Topliss-reactive ketones (excluding diaryl/α,β-unsaturated/α-hetero) is 1. The Kier molecular flexibility index (Phi) is 12.6. The number of anilines is 1. The Morgan fingerprint density at radius 2 is 1.86 bits per heavy atom. The van der Waals surface area contributed by atoms with Crippen LogP contribution in [0.25, 0.3) is 0 Å². The first kappa shape index (κ1) is 35.0. The van der Waals surface area contributed by atoms with Crippen LogP contribution in [0, 0.1) is 23.2 Å². The molecule has 0 bridgehead atoms. The van der Waals surface area contributed by atoms with Crippen molar-refractivity contribution in [2.24, 2.45) is 11.3 Å². The number of carbonyl (C=O) groups excluding carboxylic acids is 2. The summed E-state index contributed by atoms with van der Waals surface area (Å²) in [6, 6.07) is 1.58. The first-order valence-electron chi connectivity index (χ1n) is 15.5. The van der Waals surface area contributed by atoms with Crippen molar-refractivity contribution in [3.63, 3.8) is 0 Å². The molecule has 1 aromatic rings. The van der Waals surface area contributed by atoms with Gasteiger partial charge in [0.25, 0.3) is 0 Å². The Morgan fingerprint density at radius 1 is 1.19 bits per heavy atom. The highest BCUT2D eigenvalue weighted by Gasteiger charge is 2.41. The number of hydrogen-bond acceptors (Lipinski definition) is 7. The van der Waals surface area contributed by atoms with E-state index >= 15 is 0 Å². The number of nitrogens with zero attached hydrogens (tertiary/aromatic N) is 1. The summed E-state index contributed by atoms with van der Waals surface area (Å²) in [5, 5.41) is 21.3. The van der Waals surface area contributed by atoms with E-state index in [0.717, 1.165) is 30.6 Å². The molecule has 2 atom stereocenters. The van der Waals surface area contributed by atoms with Gasteiger partial charge in [0.1, 0.15) is 10.7 Å². The summed E-state index contributed by atoms with van der Waals surface area (Å²) < 4.78 is 11.3. The highest BCUT2D eigenvalue weighted by molar-refractivity contribution is 7.15. The van der Waals surface area contributed by atoms with Gasteiger partial charge < -0.3 is 29.4 Å². The lowest BCUT2D eigenvalue weighted by Crippen LogP contribution is -2.50. The number of carboxylic acid groups (broad SMARTS) is 1. The first-order chi connectivity index (χ1) is 20.2. The molecule has 9 heteroatoms. The van der Waals surface area contributed by atoms with E-state index in [-0.39, 0.29) is 46.7 Å². The van der Waals surface area contributed by atoms with Crippen LogP contribution < -0.4 is 4.90 Å². The van der Waals surface area contributed by atoms with Crippen molar-refractivity contribution < 1.29 is 34.1 Å². The molecule has 2 aliphatic carbocycles. The Hall–Kier alpha value is -2.51. The lowest BCUT2D eigenvalue weighted by molar-refractivity contribution is -0.124. The maximum Gasteiger partial charge on any atom is 0.348 e. The summed E-state index contributed by atoms with van der Waals surface area (Å²) in [4.78, 5) is 38.7. The zero-order chi connectivity index (χ0) is 31.8. The largest absolute Gasteiger partial charge is 0.477 e. The molecule has 1 saturated heterocycles. The molecule has 0 unspecified atom stereocenters. The highest BCUT2D eigenvalue weighted by Crippen LogP contribution is 2.40. The Balaban J connectivity index is 0.000000934. The molecule has 2 heterocycles. The van der Waals surface area contributed by atoms with Gasteiger partial charge in [-0.3, -0.25) is 4.79 Å². The molecule has 1 aromatic heterocycles. The van der Waals surface area contributed by atoms with E-state index < -0.39 is 11.6 Å². The van der Waals surface area contributed by atoms with E-state index in [4.69, 9.17) is 9.47 Å². The van der Waals surface area contributed by atoms with Crippen LogP contribution >= 0.6 is 11.3 Å². The van der Waals surface area contributed by atoms with Crippen LogP contribution in [0.15, 0.2) is 17.7 Å². The fourth-order valence-corrected chi connectivity index (χ4v) is 6.21. The van der Waals surface area contributed by atoms with Crippen molar-refractivity contribution in [1.29, 1.82) is 0 Å². The van der Waals surface area contributed by atoms with E-state index in [9.17, 15) is 24.6 Å². The summed E-state index contributed by atoms with van der Waals surface area (Å²) in [6.07, 6.45) is 8.07. The average Bonchev–Trinajstić information content (AvgIpc) is 3.63. The first-order valence-corrected chi connectivity index (χ1v) is 16.3. The number of rotatable bonds is 8. The molecule has 0 spiro atoms. The minimum absolute atomic E-state index is 0.0224. The van der Waals surface area contributed by atoms with Crippen molar-refractivity contribution in [2.45, 2.75) is 117 Å². The van der Waals surface area contributed by atoms with E-state index in [1.807, 2.05) is 27.7 Å². The number of aromatic carboxylic acids is 1. The Labute approximate surface area is 260 Å². The fourth-order valence-electron chi connectivity index (χ4n) is 5.37. The molecule has 43 heavy (non-hydrogen) atoms. The second-order valence-electron chi connectivity index (χ2n) is 13.2. The number of carbonyl (C=O) groups is 3. The van der Waals surface area contributed by atoms with E-state index in [1.54, 1.807) is 17.9 Å². The SMILES string of the molecule is CC1=CC[C@H](C(=O)N(c2cc(C#CC(C)(C)C)sc2C(=O)O)C2CCC(O)(CO[C@H]3CCOC3)CC2)CC1.CCC(C)=O. The molecule has 1 amide bonds. The van der Waals surface area contributed by atoms with Gasteiger partial charge in [0, 0.05) is 30.4 Å². The summed E-state index contributed by atoms with van der Waals surface area (Å²) in [5.41, 5.74) is 0.548. The molecule has 238 valence electrons. The zero-order valence-electron chi connectivity index (χ0n) is 26.7. The molecule has 2 fully saturated rings. The molecule has 0 radical (unpaired) electrons. The van der Waals surface area contributed by atoms with Gasteiger partial charge in [-0.05, 0) is 92.1 Å². The highest BCUT2D eigenvalue weighted by atomic mass is 32.1. The monoisotopic (exact) mass is 615 g/mol. The number of carboxylic acids is 1. The maximum absolute atomic E-state index is 14.0. The van der Waals surface area contributed by atoms with Crippen molar-refractivity contribution in [3.8, 4) is 11.8 Å². The predicted octanol–water partition coefficient (Wildman–Crippen LogP) is 6.39. The van der Waals surface area contributed by atoms with Gasteiger partial charge in [-0.2, -0.15) is 0 Å². The van der Waals surface area contributed by atoms with Crippen LogP contribution in [0.2, 0.25) is 0 Å². The molecule has 8 nitrogen and oxygen atoms in total. The number of thiophene rings is 1. The third kappa shape index (κ3) is 10.6. The van der Waals surface area contributed by atoms with Gasteiger partial charge in [-0.25, -0.2) is 4.79 Å². The molecular formula is C34H49NO7S. The number of ether oxygens (including phenoxy) is 2. The number of allylic oxidation sites excluding steroid dienone is 2. The van der Waals surface area contributed by atoms with Gasteiger partial charge in [0.15, 0.2) is 0 Å². The third-order valence-electron chi connectivity index (χ3n) is 8.18. The second kappa shape index (κ2) is 15.5. The van der Waals surface area contributed by atoms with Gasteiger partial charge >= 0.3 is 5.97 Å². The Morgan fingerprint density at radius 3 is 2.37 bits per heavy atom. The van der Waals surface area contributed by atoms with Gasteiger partial charge in [-0.1, -0.05) is 30.4 Å². The van der Waals surface area contributed by atoms with E-state index in [0.29, 0.717) is 62.3 Å². The van der Waals surface area contributed by atoms with E-state index in [2.05, 4.69) is 24.8 Å². The Bertz CT molecular complexity index is 1220. The van der Waals surface area contributed by atoms with Crippen LogP contribution in [0.1, 0.15) is 114 Å². The molecular weight excluding hydrogens is 566 g/mol. The number of ketones is 1. The average molecular weight is 616 g/mol. The topological polar surface area (TPSA) is 113 Å². The molecule has 4 rings (SSSR count). The second-order valence-corrected chi connectivity index (χ2v) is 14.2. The fraction of sp³-hybridized carbons (Fsp3) is 0.676. The number of hydrogen-bond donors (Lipinski definition) is 2. The normalized spacial score (nSPS) is 25.5. The maximum atomic E-state index is 14.0. The van der Waals surface area contributed by atoms with Crippen LogP contribution in [-0.2, 0) is 19.1 Å². The zero-order valence-corrected chi connectivity index (χ0v) is 27.5. The summed E-state index contributed by atoms with van der Waals surface area (Å²) in [7, 11) is 0. The third-order valence-corrected chi connectivity index (χ3v) is 9.20. The van der Waals surface area contributed by atoms with Crippen LogP contribution in [0.5, 0.6) is 0 Å². The molecule has 0 aromatic carbocycles. The lowest BCUT2D eigenvalue weighted by atomic mass is 9.81. The van der Waals surface area contributed by atoms with Gasteiger partial charge in [0.2, 0.25) is 5.91 Å². The molecule has 1 aliphatic heterocycles. The van der Waals surface area contributed by atoms with Crippen molar-refractivity contribution >= 4 is 34.7 Å². The molecule has 3 aliphatic rings. The quantitative estimate of drug-likeness (QED) is 0.257. The van der Waals surface area contributed by atoms with E-state index in [1.165, 1.54) is 5.57 Å². The summed E-state index contributed by atoms with van der Waals surface area (Å²) in [6.45, 7) is 13.0. The minimum Gasteiger partial charge on any atom is -0.477 e. The van der Waals surface area contributed by atoms with Crippen molar-refractivity contribution in [3.05, 3.63) is 27.5 Å². The summed E-state index contributed by atoms with van der Waals surface area (Å²) >= 11 is 1.13. The summed E-state index contributed by atoms with van der Waals surface area (Å²) in [5.74, 6) is 5.30. The smallest absolute Gasteiger partial charge is 0.348 e. The number of aliphatic hydroxyl groups is 1. The van der Waals surface area contributed by atoms with Crippen molar-refractivity contribution in [1.82, 2.24) is 0 Å². The van der Waals surface area contributed by atoms with Crippen LogP contribution in [0.4, 0.5) is 5.69 Å². The number of amides is 1. The van der Waals surface area contributed by atoms with Crippen LogP contribution in [-0.4, -0.2) is 65.4 Å². The van der Waals surface area contributed by atoms with Gasteiger partial charge in [0.05, 0.1) is 35.5 Å². The standard InChI is InChI=1S/C30H41NO6S.C4H8O/c1-20-5-7-21(8-6-20)27(32)31(25-17-24(11-13-29(2,3)4)38-26(25)28(33)34)22-9-14-30(35,15-10-22)19-37-23-12-16-36-18-23;1-3-4(2)5/h5,17,21-23,35H,6-10,12,14-16,18-19H2,1-4H3,(H,33,34);3H2,1-2H3/t21-,22?,23-,30?;/m0./s1. The van der Waals surface area contributed by atoms with Crippen LogP contribution in [0.3, 0.4) is 0 Å². The molecule has 2 N–H and O–H groups in total. The lowest BCUT2D eigenvalue weighted by Gasteiger charge is -2.42. The predicted molar refractivity (Wildman–Crippen MR) is 170 cm³/mol. The molecule has 1 saturated carbocycles.